The SMILES string of the molecule is C=CC(=O)OCCCCC.C=CC(=O)OCCCCCC. The lowest BCUT2D eigenvalue weighted by Gasteiger charge is -1.99. The van der Waals surface area contributed by atoms with Crippen molar-refractivity contribution in [2.24, 2.45) is 0 Å². The van der Waals surface area contributed by atoms with Crippen LogP contribution in [0, 0.1) is 0 Å². The summed E-state index contributed by atoms with van der Waals surface area (Å²) < 4.78 is 9.52. The predicted molar refractivity (Wildman–Crippen MR) is 86.0 cm³/mol. The molecule has 0 aromatic rings. The zero-order valence-corrected chi connectivity index (χ0v) is 13.6. The van der Waals surface area contributed by atoms with Crippen molar-refractivity contribution >= 4 is 11.9 Å². The fourth-order valence-corrected chi connectivity index (χ4v) is 1.34. The minimum atomic E-state index is -0.323. The standard InChI is InChI=1S/C9H16O2.C8H14O2/c1-3-5-6-7-8-11-9(10)4-2;1-3-5-6-7-10-8(9)4-2/h4H,2-3,5-8H2,1H3;4H,2-3,5-7H2,1H3. The van der Waals surface area contributed by atoms with Gasteiger partial charge in [0.1, 0.15) is 0 Å². The predicted octanol–water partition coefficient (Wildman–Crippen LogP) is 4.20. The maximum atomic E-state index is 10.5. The van der Waals surface area contributed by atoms with E-state index in [-0.39, 0.29) is 11.9 Å². The molecule has 4 nitrogen and oxygen atoms in total. The summed E-state index contributed by atoms with van der Waals surface area (Å²) in [6.07, 6.45) is 10.1. The molecule has 4 heteroatoms. The van der Waals surface area contributed by atoms with Crippen LogP contribution in [0.25, 0.3) is 0 Å². The molecule has 0 spiro atoms. The zero-order valence-electron chi connectivity index (χ0n) is 13.6. The van der Waals surface area contributed by atoms with Crippen molar-refractivity contribution in [3.05, 3.63) is 25.3 Å². The van der Waals surface area contributed by atoms with E-state index in [9.17, 15) is 9.59 Å². The fraction of sp³-hybridized carbons (Fsp3) is 0.647. The normalized spacial score (nSPS) is 9.05. The van der Waals surface area contributed by atoms with E-state index in [1.807, 2.05) is 0 Å². The average Bonchev–Trinajstić information content (AvgIpc) is 2.51. The lowest BCUT2D eigenvalue weighted by Crippen LogP contribution is -2.01. The van der Waals surface area contributed by atoms with Gasteiger partial charge in [-0.1, -0.05) is 59.1 Å². The van der Waals surface area contributed by atoms with Gasteiger partial charge < -0.3 is 9.47 Å². The third-order valence-electron chi connectivity index (χ3n) is 2.57. The van der Waals surface area contributed by atoms with Gasteiger partial charge in [0.15, 0.2) is 0 Å². The molecule has 0 atom stereocenters. The van der Waals surface area contributed by atoms with Crippen LogP contribution in [0.2, 0.25) is 0 Å². The number of rotatable bonds is 11. The minimum Gasteiger partial charge on any atom is -0.463 e. The second kappa shape index (κ2) is 18.4. The van der Waals surface area contributed by atoms with Crippen molar-refractivity contribution in [2.75, 3.05) is 13.2 Å². The van der Waals surface area contributed by atoms with Gasteiger partial charge in [-0.25, -0.2) is 9.59 Å². The molecule has 0 rings (SSSR count). The second-order valence-electron chi connectivity index (χ2n) is 4.51. The lowest BCUT2D eigenvalue weighted by atomic mass is 10.2. The zero-order chi connectivity index (χ0) is 16.3. The number of unbranched alkanes of at least 4 members (excludes halogenated alkanes) is 5. The van der Waals surface area contributed by atoms with Gasteiger partial charge in [0.2, 0.25) is 0 Å². The van der Waals surface area contributed by atoms with Crippen LogP contribution in [-0.4, -0.2) is 25.2 Å². The molecule has 0 aromatic heterocycles. The highest BCUT2D eigenvalue weighted by Gasteiger charge is 1.93. The van der Waals surface area contributed by atoms with Gasteiger partial charge in [-0.05, 0) is 12.8 Å². The molecule has 0 unspecified atom stereocenters. The monoisotopic (exact) mass is 298 g/mol. The first-order chi connectivity index (χ1) is 10.1. The molecule has 0 N–H and O–H groups in total. The first-order valence-electron chi connectivity index (χ1n) is 7.70. The summed E-state index contributed by atoms with van der Waals surface area (Å²) in [5, 5.41) is 0. The van der Waals surface area contributed by atoms with Crippen molar-refractivity contribution in [1.29, 1.82) is 0 Å². The highest BCUT2D eigenvalue weighted by Crippen LogP contribution is 1.98. The molecule has 0 aliphatic carbocycles. The van der Waals surface area contributed by atoms with E-state index in [4.69, 9.17) is 9.47 Å². The largest absolute Gasteiger partial charge is 0.463 e. The maximum absolute atomic E-state index is 10.5. The summed E-state index contributed by atoms with van der Waals surface area (Å²) in [6, 6.07) is 0. The highest BCUT2D eigenvalue weighted by molar-refractivity contribution is 5.81. The lowest BCUT2D eigenvalue weighted by molar-refractivity contribution is -0.138. The molecule has 0 bridgehead atoms. The third kappa shape index (κ3) is 20.9. The highest BCUT2D eigenvalue weighted by atomic mass is 16.5. The number of hydrogen-bond acceptors (Lipinski definition) is 4. The number of ether oxygens (including phenoxy) is 2. The molecule has 0 radical (unpaired) electrons. The van der Waals surface area contributed by atoms with Crippen LogP contribution in [0.3, 0.4) is 0 Å². The molecule has 0 heterocycles. The Balaban J connectivity index is 0. The van der Waals surface area contributed by atoms with Crippen LogP contribution < -0.4 is 0 Å². The molecule has 0 saturated carbocycles. The van der Waals surface area contributed by atoms with Crippen LogP contribution in [0.15, 0.2) is 25.3 Å². The van der Waals surface area contributed by atoms with E-state index in [0.29, 0.717) is 13.2 Å². The third-order valence-corrected chi connectivity index (χ3v) is 2.57. The molecule has 0 fully saturated rings. The second-order valence-corrected chi connectivity index (χ2v) is 4.51. The van der Waals surface area contributed by atoms with Gasteiger partial charge in [0, 0.05) is 12.2 Å². The quantitative estimate of drug-likeness (QED) is 0.326. The van der Waals surface area contributed by atoms with Gasteiger partial charge in [-0.2, -0.15) is 0 Å². The van der Waals surface area contributed by atoms with Gasteiger partial charge in [0.05, 0.1) is 13.2 Å². The summed E-state index contributed by atoms with van der Waals surface area (Å²) >= 11 is 0. The number of carbonyl (C=O) groups excluding carboxylic acids is 2. The first-order valence-corrected chi connectivity index (χ1v) is 7.70. The first kappa shape index (κ1) is 21.7. The molecule has 122 valence electrons. The maximum Gasteiger partial charge on any atom is 0.330 e. The van der Waals surface area contributed by atoms with Gasteiger partial charge >= 0.3 is 11.9 Å². The molecule has 0 amide bonds. The Morgan fingerprint density at radius 1 is 0.762 bits per heavy atom. The summed E-state index contributed by atoms with van der Waals surface area (Å²) in [5.74, 6) is -0.641. The Morgan fingerprint density at radius 3 is 1.52 bits per heavy atom. The van der Waals surface area contributed by atoms with Crippen molar-refractivity contribution in [1.82, 2.24) is 0 Å². The van der Waals surface area contributed by atoms with Crippen molar-refractivity contribution in [3.8, 4) is 0 Å². The molecule has 0 aromatic carbocycles. The summed E-state index contributed by atoms with van der Waals surface area (Å²) in [4.78, 5) is 20.9. The van der Waals surface area contributed by atoms with E-state index in [0.717, 1.165) is 32.1 Å². The van der Waals surface area contributed by atoms with Crippen LogP contribution in [-0.2, 0) is 19.1 Å². The smallest absolute Gasteiger partial charge is 0.330 e. The molecule has 0 aliphatic heterocycles. The summed E-state index contributed by atoms with van der Waals surface area (Å²) in [6.45, 7) is 11.9. The van der Waals surface area contributed by atoms with Crippen molar-refractivity contribution in [2.45, 2.75) is 58.8 Å². The Hall–Kier alpha value is -1.58. The van der Waals surface area contributed by atoms with Crippen molar-refractivity contribution < 1.29 is 19.1 Å². The Labute approximate surface area is 129 Å². The van der Waals surface area contributed by atoms with E-state index in [1.165, 1.54) is 25.0 Å². The van der Waals surface area contributed by atoms with Gasteiger partial charge in [-0.15, -0.1) is 0 Å². The molecule has 21 heavy (non-hydrogen) atoms. The van der Waals surface area contributed by atoms with E-state index in [1.54, 1.807) is 0 Å². The van der Waals surface area contributed by atoms with Crippen molar-refractivity contribution in [3.63, 3.8) is 0 Å². The fourth-order valence-electron chi connectivity index (χ4n) is 1.34. The van der Waals surface area contributed by atoms with Crippen LogP contribution in [0.1, 0.15) is 58.8 Å². The van der Waals surface area contributed by atoms with Crippen LogP contribution in [0.4, 0.5) is 0 Å². The van der Waals surface area contributed by atoms with Crippen LogP contribution in [0.5, 0.6) is 0 Å². The van der Waals surface area contributed by atoms with Crippen LogP contribution >= 0.6 is 0 Å². The van der Waals surface area contributed by atoms with E-state index < -0.39 is 0 Å². The topological polar surface area (TPSA) is 52.6 Å². The van der Waals surface area contributed by atoms with Gasteiger partial charge in [-0.3, -0.25) is 0 Å². The van der Waals surface area contributed by atoms with Gasteiger partial charge in [0.25, 0.3) is 0 Å². The molecular formula is C17H30O4. The number of hydrogen-bond donors (Lipinski definition) is 0. The Kier molecular flexibility index (Phi) is 19.0. The Morgan fingerprint density at radius 2 is 1.14 bits per heavy atom. The summed E-state index contributed by atoms with van der Waals surface area (Å²) in [5.41, 5.74) is 0. The number of carbonyl (C=O) groups is 2. The Bertz CT molecular complexity index is 285. The minimum absolute atomic E-state index is 0.318. The molecular weight excluding hydrogens is 268 g/mol. The van der Waals surface area contributed by atoms with E-state index >= 15 is 0 Å². The molecule has 0 aliphatic rings. The summed E-state index contributed by atoms with van der Waals surface area (Å²) in [7, 11) is 0. The van der Waals surface area contributed by atoms with E-state index in [2.05, 4.69) is 27.0 Å². The average molecular weight is 298 g/mol. The number of esters is 2. The molecule has 0 saturated heterocycles.